The molecule has 2 unspecified atom stereocenters. The summed E-state index contributed by atoms with van der Waals surface area (Å²) in [4.78, 5) is 72.7. The molecule has 0 spiro atoms. The van der Waals surface area contributed by atoms with Gasteiger partial charge in [-0.1, -0.05) is 343 Å². The van der Waals surface area contributed by atoms with Gasteiger partial charge in [0, 0.05) is 25.7 Å². The average Bonchev–Trinajstić information content (AvgIpc) is 2.94. The number of rotatable bonds is 75. The van der Waals surface area contributed by atoms with Gasteiger partial charge in [-0.3, -0.25) is 37.3 Å². The molecule has 0 aromatic carbocycles. The highest BCUT2D eigenvalue weighted by atomic mass is 31.2. The Morgan fingerprint density at radius 2 is 0.484 bits per heavy atom. The number of unbranched alkanes of at least 4 members (excludes halogenated alkanes) is 45. The van der Waals surface area contributed by atoms with Crippen molar-refractivity contribution in [2.24, 2.45) is 11.8 Å². The highest BCUT2D eigenvalue weighted by Crippen LogP contribution is 2.45. The fourth-order valence-corrected chi connectivity index (χ4v) is 13.2. The molecule has 0 aliphatic rings. The van der Waals surface area contributed by atoms with Crippen LogP contribution in [0.25, 0.3) is 0 Å². The molecule has 564 valence electrons. The quantitative estimate of drug-likeness (QED) is 0.0222. The Kier molecular flexibility index (Phi) is 66.5. The molecule has 0 radical (unpaired) electrons. The van der Waals surface area contributed by atoms with Gasteiger partial charge in [0.1, 0.15) is 19.3 Å². The third-order valence-electron chi connectivity index (χ3n) is 17.7. The van der Waals surface area contributed by atoms with Crippen LogP contribution in [0.1, 0.15) is 395 Å². The van der Waals surface area contributed by atoms with Gasteiger partial charge in [-0.25, -0.2) is 9.13 Å². The molecule has 17 nitrogen and oxygen atoms in total. The number of hydrogen-bond acceptors (Lipinski definition) is 15. The van der Waals surface area contributed by atoms with E-state index in [1.165, 1.54) is 205 Å². The van der Waals surface area contributed by atoms with E-state index in [1.807, 2.05) is 0 Å². The maximum absolute atomic E-state index is 13.1. The van der Waals surface area contributed by atoms with Crippen LogP contribution in [0, 0.1) is 11.8 Å². The molecule has 0 fully saturated rings. The van der Waals surface area contributed by atoms with Crippen LogP contribution in [-0.4, -0.2) is 96.7 Å². The van der Waals surface area contributed by atoms with Gasteiger partial charge in [-0.2, -0.15) is 0 Å². The standard InChI is InChI=1S/C76H148O17P2/c1-7-9-11-13-15-17-19-20-21-22-23-24-25-26-29-33-37-41-49-55-61-76(81)92-71(64-86-73(78)58-52-46-39-36-32-30-27-28-31-34-38-44-50-56-68(3)4)66-90-94(82,83)88-62-70(77)63-89-95(84,85)91-67-72(65-87-74(79)59-53-47-43-42-45-51-57-69(5)6)93-75(80)60-54-48-40-35-18-16-14-12-10-8-2/h68-72,77H,7-67H2,1-6H3,(H,82,83)(H,84,85)/t70-,71-,72-/m1/s1. The van der Waals surface area contributed by atoms with Crippen molar-refractivity contribution >= 4 is 39.5 Å². The molecular formula is C76H148O17P2. The lowest BCUT2D eigenvalue weighted by Crippen LogP contribution is -2.30. The molecule has 0 aromatic heterocycles. The number of phosphoric acid groups is 2. The number of hydrogen-bond donors (Lipinski definition) is 3. The number of esters is 4. The predicted octanol–water partition coefficient (Wildman–Crippen LogP) is 22.3. The number of aliphatic hydroxyl groups is 1. The maximum Gasteiger partial charge on any atom is 0.472 e. The molecule has 0 saturated carbocycles. The topological polar surface area (TPSA) is 237 Å². The molecule has 0 bridgehead atoms. The summed E-state index contributed by atoms with van der Waals surface area (Å²) in [5, 5.41) is 10.6. The Bertz CT molecular complexity index is 1840. The second-order valence-corrected chi connectivity index (χ2v) is 31.3. The van der Waals surface area contributed by atoms with E-state index in [4.69, 9.17) is 37.0 Å². The summed E-state index contributed by atoms with van der Waals surface area (Å²) in [6.07, 6.45) is 55.7. The van der Waals surface area contributed by atoms with Crippen LogP contribution in [0.2, 0.25) is 0 Å². The minimum Gasteiger partial charge on any atom is -0.462 e. The lowest BCUT2D eigenvalue weighted by molar-refractivity contribution is -0.161. The Balaban J connectivity index is 5.19. The molecule has 95 heavy (non-hydrogen) atoms. The highest BCUT2D eigenvalue weighted by molar-refractivity contribution is 7.47. The minimum atomic E-state index is -4.96. The monoisotopic (exact) mass is 1400 g/mol. The molecule has 0 aliphatic heterocycles. The van der Waals surface area contributed by atoms with Crippen LogP contribution < -0.4 is 0 Å². The summed E-state index contributed by atoms with van der Waals surface area (Å²) in [6.45, 7) is 9.52. The first-order chi connectivity index (χ1) is 45.9. The fourth-order valence-electron chi connectivity index (χ4n) is 11.7. The highest BCUT2D eigenvalue weighted by Gasteiger charge is 2.30. The third kappa shape index (κ3) is 70.3. The number of phosphoric ester groups is 2. The summed E-state index contributed by atoms with van der Waals surface area (Å²) in [6, 6.07) is 0. The zero-order valence-corrected chi connectivity index (χ0v) is 63.8. The van der Waals surface area contributed by atoms with Gasteiger partial charge in [-0.15, -0.1) is 0 Å². The Morgan fingerprint density at radius 3 is 0.716 bits per heavy atom. The molecular weight excluding hydrogens is 1250 g/mol. The zero-order valence-electron chi connectivity index (χ0n) is 62.0. The smallest absolute Gasteiger partial charge is 0.462 e. The number of carbonyl (C=O) groups is 4. The van der Waals surface area contributed by atoms with Crippen molar-refractivity contribution in [1.29, 1.82) is 0 Å². The molecule has 0 rings (SSSR count). The Hall–Kier alpha value is -1.94. The van der Waals surface area contributed by atoms with Crippen LogP contribution in [0.4, 0.5) is 0 Å². The van der Waals surface area contributed by atoms with E-state index < -0.39 is 97.5 Å². The summed E-state index contributed by atoms with van der Waals surface area (Å²) >= 11 is 0. The first-order valence-corrected chi connectivity index (χ1v) is 42.5. The minimum absolute atomic E-state index is 0.105. The second-order valence-electron chi connectivity index (χ2n) is 28.3. The summed E-state index contributed by atoms with van der Waals surface area (Å²) < 4.78 is 68.4. The SMILES string of the molecule is CCCCCCCCCCCCCCCCCCCCCCC(=O)O[C@H](COC(=O)CCCCCCCCCCCCCCCC(C)C)COP(=O)(O)OC[C@@H](O)COP(=O)(O)OC[C@@H](COC(=O)CCCCCCCCC(C)C)OC(=O)CCCCCCCCCCCC. The van der Waals surface area contributed by atoms with Crippen molar-refractivity contribution in [3.63, 3.8) is 0 Å². The normalized spacial score (nSPS) is 14.0. The molecule has 0 amide bonds. The molecule has 5 atom stereocenters. The molecule has 0 aromatic rings. The second kappa shape index (κ2) is 67.9. The first kappa shape index (κ1) is 93.1. The van der Waals surface area contributed by atoms with Crippen LogP contribution in [0.15, 0.2) is 0 Å². The van der Waals surface area contributed by atoms with E-state index in [-0.39, 0.29) is 25.7 Å². The summed E-state index contributed by atoms with van der Waals surface area (Å²) in [5.41, 5.74) is 0. The Morgan fingerprint density at radius 1 is 0.284 bits per heavy atom. The largest absolute Gasteiger partial charge is 0.472 e. The van der Waals surface area contributed by atoms with Gasteiger partial charge < -0.3 is 33.8 Å². The third-order valence-corrected chi connectivity index (χ3v) is 19.6. The molecule has 0 saturated heterocycles. The first-order valence-electron chi connectivity index (χ1n) is 39.5. The molecule has 3 N–H and O–H groups in total. The lowest BCUT2D eigenvalue weighted by atomic mass is 10.0. The van der Waals surface area contributed by atoms with Crippen LogP contribution >= 0.6 is 15.6 Å². The van der Waals surface area contributed by atoms with Crippen molar-refractivity contribution in [3.05, 3.63) is 0 Å². The Labute approximate surface area is 581 Å². The molecule has 0 aliphatic carbocycles. The van der Waals surface area contributed by atoms with Gasteiger partial charge in [-0.05, 0) is 37.5 Å². The van der Waals surface area contributed by atoms with Gasteiger partial charge in [0.2, 0.25) is 0 Å². The fraction of sp³-hybridized carbons (Fsp3) is 0.947. The van der Waals surface area contributed by atoms with Gasteiger partial charge in [0.05, 0.1) is 26.4 Å². The van der Waals surface area contributed by atoms with Crippen molar-refractivity contribution in [1.82, 2.24) is 0 Å². The number of ether oxygens (including phenoxy) is 4. The van der Waals surface area contributed by atoms with Crippen LogP contribution in [-0.2, 0) is 65.4 Å². The van der Waals surface area contributed by atoms with E-state index in [1.54, 1.807) is 0 Å². The van der Waals surface area contributed by atoms with E-state index in [2.05, 4.69) is 41.5 Å². The van der Waals surface area contributed by atoms with Gasteiger partial charge in [0.15, 0.2) is 12.2 Å². The van der Waals surface area contributed by atoms with Crippen LogP contribution in [0.3, 0.4) is 0 Å². The number of aliphatic hydroxyl groups excluding tert-OH is 1. The molecule has 19 heteroatoms. The average molecular weight is 1400 g/mol. The summed E-state index contributed by atoms with van der Waals surface area (Å²) in [7, 11) is -9.91. The van der Waals surface area contributed by atoms with E-state index in [0.29, 0.717) is 31.6 Å². The molecule has 0 heterocycles. The number of carbonyl (C=O) groups excluding carboxylic acids is 4. The van der Waals surface area contributed by atoms with E-state index in [0.717, 1.165) is 102 Å². The lowest BCUT2D eigenvalue weighted by Gasteiger charge is -2.21. The van der Waals surface area contributed by atoms with Crippen molar-refractivity contribution in [2.75, 3.05) is 39.6 Å². The van der Waals surface area contributed by atoms with Crippen LogP contribution in [0.5, 0.6) is 0 Å². The van der Waals surface area contributed by atoms with Gasteiger partial charge in [0.25, 0.3) is 0 Å². The maximum atomic E-state index is 13.1. The van der Waals surface area contributed by atoms with Crippen molar-refractivity contribution in [3.8, 4) is 0 Å². The summed E-state index contributed by atoms with van der Waals surface area (Å²) in [5.74, 6) is -0.648. The predicted molar refractivity (Wildman–Crippen MR) is 386 cm³/mol. The van der Waals surface area contributed by atoms with Crippen molar-refractivity contribution in [2.45, 2.75) is 413 Å². The zero-order chi connectivity index (χ0) is 70.0. The van der Waals surface area contributed by atoms with E-state index in [9.17, 15) is 43.2 Å². The van der Waals surface area contributed by atoms with Gasteiger partial charge >= 0.3 is 39.5 Å². The van der Waals surface area contributed by atoms with E-state index >= 15 is 0 Å². The van der Waals surface area contributed by atoms with Crippen molar-refractivity contribution < 1.29 is 80.2 Å².